The molecule has 0 aliphatic carbocycles. The summed E-state index contributed by atoms with van der Waals surface area (Å²) in [6.07, 6.45) is 3.71. The second-order valence-corrected chi connectivity index (χ2v) is 2.49. The summed E-state index contributed by atoms with van der Waals surface area (Å²) in [7, 11) is 0. The molecule has 0 amide bonds. The van der Waals surface area contributed by atoms with Crippen molar-refractivity contribution >= 4 is 17.5 Å². The second-order valence-electron chi connectivity index (χ2n) is 2.49. The van der Waals surface area contributed by atoms with Crippen molar-refractivity contribution in [3.8, 4) is 0 Å². The lowest BCUT2D eigenvalue weighted by atomic mass is 10.1. The quantitative estimate of drug-likeness (QED) is 0.565. The van der Waals surface area contributed by atoms with E-state index < -0.39 is 0 Å². The fourth-order valence-electron chi connectivity index (χ4n) is 0.942. The first-order valence-corrected chi connectivity index (χ1v) is 3.76. The molecule has 0 aromatic heterocycles. The van der Waals surface area contributed by atoms with Gasteiger partial charge in [0.15, 0.2) is 0 Å². The molecular formula is C9H13N3. The summed E-state index contributed by atoms with van der Waals surface area (Å²) in [5.74, 6) is 0. The molecule has 0 radical (unpaired) electrons. The zero-order chi connectivity index (χ0) is 8.97. The molecule has 3 nitrogen and oxygen atoms in total. The lowest BCUT2D eigenvalue weighted by molar-refractivity contribution is 1.26. The van der Waals surface area contributed by atoms with E-state index in [1.165, 1.54) is 0 Å². The van der Waals surface area contributed by atoms with Crippen molar-refractivity contribution in [2.45, 2.75) is 0 Å². The lowest BCUT2D eigenvalue weighted by Gasteiger charge is -2.02. The van der Waals surface area contributed by atoms with E-state index in [4.69, 9.17) is 17.2 Å². The van der Waals surface area contributed by atoms with Gasteiger partial charge in [0.25, 0.3) is 0 Å². The van der Waals surface area contributed by atoms with Gasteiger partial charge in [0, 0.05) is 6.54 Å². The van der Waals surface area contributed by atoms with Crippen LogP contribution in [0.1, 0.15) is 5.56 Å². The van der Waals surface area contributed by atoms with Gasteiger partial charge in [-0.3, -0.25) is 0 Å². The molecule has 0 aliphatic rings. The number of benzene rings is 1. The Morgan fingerprint density at radius 2 is 2.00 bits per heavy atom. The molecule has 64 valence electrons. The largest absolute Gasteiger partial charge is 0.397 e. The monoisotopic (exact) mass is 163 g/mol. The SMILES string of the molecule is NCC=Cc1cccc(N)c1N. The number of nitrogens with two attached hydrogens (primary N) is 3. The summed E-state index contributed by atoms with van der Waals surface area (Å²) >= 11 is 0. The molecule has 3 heteroatoms. The van der Waals surface area contributed by atoms with Crippen LogP contribution in [-0.2, 0) is 0 Å². The van der Waals surface area contributed by atoms with Crippen LogP contribution in [0.3, 0.4) is 0 Å². The summed E-state index contributed by atoms with van der Waals surface area (Å²) in [5, 5.41) is 0. The van der Waals surface area contributed by atoms with Crippen molar-refractivity contribution in [1.29, 1.82) is 0 Å². The van der Waals surface area contributed by atoms with Crippen LogP contribution < -0.4 is 17.2 Å². The van der Waals surface area contributed by atoms with Crippen LogP contribution in [0.2, 0.25) is 0 Å². The Kier molecular flexibility index (Phi) is 2.71. The van der Waals surface area contributed by atoms with Gasteiger partial charge in [-0.15, -0.1) is 0 Å². The van der Waals surface area contributed by atoms with Crippen molar-refractivity contribution in [1.82, 2.24) is 0 Å². The molecular weight excluding hydrogens is 150 g/mol. The highest BCUT2D eigenvalue weighted by Crippen LogP contribution is 2.20. The van der Waals surface area contributed by atoms with Gasteiger partial charge in [0.1, 0.15) is 0 Å². The van der Waals surface area contributed by atoms with Gasteiger partial charge in [-0.25, -0.2) is 0 Å². The average molecular weight is 163 g/mol. The van der Waals surface area contributed by atoms with Crippen molar-refractivity contribution in [3.63, 3.8) is 0 Å². The predicted molar refractivity (Wildman–Crippen MR) is 53.4 cm³/mol. The molecule has 0 unspecified atom stereocenters. The number of rotatable bonds is 2. The third-order valence-corrected chi connectivity index (χ3v) is 1.61. The van der Waals surface area contributed by atoms with Crippen LogP contribution in [0, 0.1) is 0 Å². The Hall–Kier alpha value is -1.48. The van der Waals surface area contributed by atoms with Crippen LogP contribution >= 0.6 is 0 Å². The standard InChI is InChI=1S/C9H13N3/c10-6-2-4-7-3-1-5-8(11)9(7)12/h1-5H,6,10-12H2. The molecule has 0 bridgehead atoms. The van der Waals surface area contributed by atoms with Gasteiger partial charge in [-0.1, -0.05) is 24.3 Å². The molecule has 0 spiro atoms. The van der Waals surface area contributed by atoms with E-state index in [1.807, 2.05) is 24.3 Å². The molecule has 1 rings (SSSR count). The zero-order valence-corrected chi connectivity index (χ0v) is 6.83. The van der Waals surface area contributed by atoms with Gasteiger partial charge < -0.3 is 17.2 Å². The van der Waals surface area contributed by atoms with E-state index in [9.17, 15) is 0 Å². The average Bonchev–Trinajstić information content (AvgIpc) is 2.08. The molecule has 6 N–H and O–H groups in total. The van der Waals surface area contributed by atoms with Gasteiger partial charge in [0.2, 0.25) is 0 Å². The highest BCUT2D eigenvalue weighted by molar-refractivity contribution is 5.75. The van der Waals surface area contributed by atoms with E-state index in [-0.39, 0.29) is 0 Å². The molecule has 0 aliphatic heterocycles. The first-order valence-electron chi connectivity index (χ1n) is 3.76. The molecule has 0 heterocycles. The van der Waals surface area contributed by atoms with Crippen molar-refractivity contribution in [3.05, 3.63) is 29.8 Å². The number of hydrogen-bond acceptors (Lipinski definition) is 3. The third-order valence-electron chi connectivity index (χ3n) is 1.61. The van der Waals surface area contributed by atoms with Crippen LogP contribution in [0.15, 0.2) is 24.3 Å². The molecule has 0 atom stereocenters. The van der Waals surface area contributed by atoms with Crippen molar-refractivity contribution in [2.75, 3.05) is 18.0 Å². The van der Waals surface area contributed by atoms with Gasteiger partial charge in [-0.2, -0.15) is 0 Å². The van der Waals surface area contributed by atoms with Crippen LogP contribution in [-0.4, -0.2) is 6.54 Å². The Labute approximate surface area is 71.9 Å². The Balaban J connectivity index is 3.00. The predicted octanol–water partition coefficient (Wildman–Crippen LogP) is 0.823. The summed E-state index contributed by atoms with van der Waals surface area (Å²) in [4.78, 5) is 0. The topological polar surface area (TPSA) is 78.1 Å². The molecule has 0 saturated carbocycles. The summed E-state index contributed by atoms with van der Waals surface area (Å²) in [6, 6.07) is 5.54. The minimum absolute atomic E-state index is 0.508. The molecule has 0 saturated heterocycles. The van der Waals surface area contributed by atoms with Gasteiger partial charge >= 0.3 is 0 Å². The minimum Gasteiger partial charge on any atom is -0.397 e. The number of hydrogen-bond donors (Lipinski definition) is 3. The first kappa shape index (κ1) is 8.62. The van der Waals surface area contributed by atoms with E-state index in [0.717, 1.165) is 5.56 Å². The summed E-state index contributed by atoms with van der Waals surface area (Å²) < 4.78 is 0. The van der Waals surface area contributed by atoms with Crippen LogP contribution in [0.5, 0.6) is 0 Å². The summed E-state index contributed by atoms with van der Waals surface area (Å²) in [6.45, 7) is 0.508. The maximum atomic E-state index is 5.71. The molecule has 0 fully saturated rings. The van der Waals surface area contributed by atoms with E-state index in [0.29, 0.717) is 17.9 Å². The highest BCUT2D eigenvalue weighted by Gasteiger charge is 1.96. The van der Waals surface area contributed by atoms with E-state index in [2.05, 4.69) is 0 Å². The molecule has 1 aromatic rings. The Bertz CT molecular complexity index is 292. The van der Waals surface area contributed by atoms with Crippen LogP contribution in [0.4, 0.5) is 11.4 Å². The smallest absolute Gasteiger partial charge is 0.0621 e. The van der Waals surface area contributed by atoms with E-state index in [1.54, 1.807) is 6.07 Å². The van der Waals surface area contributed by atoms with Gasteiger partial charge in [-0.05, 0) is 11.6 Å². The number of nitrogen functional groups attached to an aromatic ring is 2. The first-order chi connectivity index (χ1) is 5.75. The van der Waals surface area contributed by atoms with Gasteiger partial charge in [0.05, 0.1) is 11.4 Å². The van der Waals surface area contributed by atoms with Crippen molar-refractivity contribution in [2.24, 2.45) is 5.73 Å². The minimum atomic E-state index is 0.508. The number of para-hydroxylation sites is 1. The van der Waals surface area contributed by atoms with Crippen LogP contribution in [0.25, 0.3) is 6.08 Å². The fourth-order valence-corrected chi connectivity index (χ4v) is 0.942. The second kappa shape index (κ2) is 3.78. The molecule has 12 heavy (non-hydrogen) atoms. The maximum absolute atomic E-state index is 5.71. The molecule has 1 aromatic carbocycles. The van der Waals surface area contributed by atoms with E-state index >= 15 is 0 Å². The summed E-state index contributed by atoms with van der Waals surface area (Å²) in [5.41, 5.74) is 18.8. The lowest BCUT2D eigenvalue weighted by Crippen LogP contribution is -1.97. The highest BCUT2D eigenvalue weighted by atomic mass is 14.7. The number of anilines is 2. The third kappa shape index (κ3) is 1.77. The maximum Gasteiger partial charge on any atom is 0.0621 e. The Morgan fingerprint density at radius 1 is 1.25 bits per heavy atom. The fraction of sp³-hybridized carbons (Fsp3) is 0.111. The van der Waals surface area contributed by atoms with Crippen molar-refractivity contribution < 1.29 is 0 Å². The Morgan fingerprint density at radius 3 is 2.67 bits per heavy atom. The zero-order valence-electron chi connectivity index (χ0n) is 6.83. The normalized spacial score (nSPS) is 10.8.